The Bertz CT molecular complexity index is 278. The molecule has 0 aliphatic heterocycles. The summed E-state index contributed by atoms with van der Waals surface area (Å²) in [7, 11) is 0. The first-order valence-electron chi connectivity index (χ1n) is 10.6. The van der Waals surface area contributed by atoms with Gasteiger partial charge in [0.2, 0.25) is 0 Å². The Labute approximate surface area is 157 Å². The topological polar surface area (TPSA) is 38.7 Å². The first-order chi connectivity index (χ1) is 12.2. The van der Waals surface area contributed by atoms with Gasteiger partial charge in [-0.15, -0.1) is 6.58 Å². The number of hydrogen-bond acceptors (Lipinski definition) is 3. The third-order valence-corrected chi connectivity index (χ3v) is 4.44. The van der Waals surface area contributed by atoms with Crippen LogP contribution < -0.4 is 0 Å². The Hall–Kier alpha value is -0.380. The molecule has 0 saturated heterocycles. The van der Waals surface area contributed by atoms with E-state index in [9.17, 15) is 5.11 Å². The summed E-state index contributed by atoms with van der Waals surface area (Å²) in [5.41, 5.74) is 1.11. The number of unbranched alkanes of at least 4 members (excludes halogenated alkanes) is 11. The Morgan fingerprint density at radius 2 is 1.20 bits per heavy atom. The van der Waals surface area contributed by atoms with Crippen LogP contribution in [0.4, 0.5) is 0 Å². The minimum absolute atomic E-state index is 0.353. The van der Waals surface area contributed by atoms with E-state index >= 15 is 0 Å². The number of ether oxygens (including phenoxy) is 2. The number of aliphatic hydroxyl groups is 1. The normalized spacial score (nSPS) is 12.4. The second kappa shape index (κ2) is 19.9. The van der Waals surface area contributed by atoms with Crippen LogP contribution in [0.5, 0.6) is 0 Å². The van der Waals surface area contributed by atoms with E-state index in [2.05, 4.69) is 13.5 Å². The van der Waals surface area contributed by atoms with Gasteiger partial charge in [0.05, 0.1) is 19.8 Å². The Balaban J connectivity index is 3.12. The summed E-state index contributed by atoms with van der Waals surface area (Å²) < 4.78 is 10.9. The Kier molecular flexibility index (Phi) is 19.6. The summed E-state index contributed by atoms with van der Waals surface area (Å²) in [6, 6.07) is 0. The predicted octanol–water partition coefficient (Wildman–Crippen LogP) is 6.05. The molecular weight excluding hydrogens is 312 g/mol. The molecule has 0 aliphatic carbocycles. The molecule has 25 heavy (non-hydrogen) atoms. The molecule has 3 nitrogen and oxygen atoms in total. The maximum Gasteiger partial charge on any atom is 0.101 e. The van der Waals surface area contributed by atoms with Crippen molar-refractivity contribution in [3.63, 3.8) is 0 Å². The second-order valence-electron chi connectivity index (χ2n) is 7.40. The second-order valence-corrected chi connectivity index (χ2v) is 7.40. The maximum absolute atomic E-state index is 9.73. The molecule has 0 fully saturated rings. The fourth-order valence-electron chi connectivity index (χ4n) is 2.78. The van der Waals surface area contributed by atoms with E-state index in [1.807, 2.05) is 6.92 Å². The van der Waals surface area contributed by atoms with Crippen LogP contribution in [-0.2, 0) is 9.47 Å². The molecule has 0 rings (SSSR count). The molecule has 0 aromatic carbocycles. The zero-order chi connectivity index (χ0) is 18.6. The maximum atomic E-state index is 9.73. The largest absolute Gasteiger partial charge is 0.388 e. The monoisotopic (exact) mass is 356 g/mol. The van der Waals surface area contributed by atoms with Crippen molar-refractivity contribution in [2.24, 2.45) is 0 Å². The van der Waals surface area contributed by atoms with Crippen LogP contribution in [0.25, 0.3) is 0 Å². The molecule has 0 amide bonds. The van der Waals surface area contributed by atoms with Crippen LogP contribution in [-0.4, -0.2) is 37.6 Å². The highest BCUT2D eigenvalue weighted by atomic mass is 16.5. The SMILES string of the molecule is C=C(C)CCOCC(O)COCCCCCCCCCCCCCC. The summed E-state index contributed by atoms with van der Waals surface area (Å²) in [5.74, 6) is 0. The van der Waals surface area contributed by atoms with Crippen LogP contribution in [0.15, 0.2) is 12.2 Å². The van der Waals surface area contributed by atoms with Crippen LogP contribution >= 0.6 is 0 Å². The van der Waals surface area contributed by atoms with E-state index in [4.69, 9.17) is 9.47 Å². The van der Waals surface area contributed by atoms with Crippen molar-refractivity contribution >= 4 is 0 Å². The lowest BCUT2D eigenvalue weighted by Crippen LogP contribution is -2.22. The fourth-order valence-corrected chi connectivity index (χ4v) is 2.78. The number of aliphatic hydroxyl groups excluding tert-OH is 1. The summed E-state index contributed by atoms with van der Waals surface area (Å²) >= 11 is 0. The lowest BCUT2D eigenvalue weighted by Gasteiger charge is -2.12. The number of rotatable bonds is 20. The Morgan fingerprint density at radius 1 is 0.760 bits per heavy atom. The van der Waals surface area contributed by atoms with E-state index in [0.717, 1.165) is 25.0 Å². The molecule has 150 valence electrons. The van der Waals surface area contributed by atoms with Crippen LogP contribution in [0, 0.1) is 0 Å². The van der Waals surface area contributed by atoms with Crippen molar-refractivity contribution in [1.29, 1.82) is 0 Å². The predicted molar refractivity (Wildman–Crippen MR) is 108 cm³/mol. The van der Waals surface area contributed by atoms with E-state index in [-0.39, 0.29) is 0 Å². The number of hydrogen-bond donors (Lipinski definition) is 1. The molecule has 0 bridgehead atoms. The molecule has 0 radical (unpaired) electrons. The molecular formula is C22H44O3. The van der Waals surface area contributed by atoms with Crippen LogP contribution in [0.2, 0.25) is 0 Å². The first kappa shape index (κ1) is 24.6. The molecule has 0 saturated carbocycles. The Morgan fingerprint density at radius 3 is 1.68 bits per heavy atom. The summed E-state index contributed by atoms with van der Waals surface area (Å²) in [4.78, 5) is 0. The fraction of sp³-hybridized carbons (Fsp3) is 0.909. The summed E-state index contributed by atoms with van der Waals surface area (Å²) in [6.45, 7) is 10.2. The standard InChI is InChI=1S/C22H44O3/c1-4-5-6-7-8-9-10-11-12-13-14-15-17-24-19-22(23)20-25-18-16-21(2)3/h22-23H,2,4-20H2,1,3H3. The molecule has 0 spiro atoms. The highest BCUT2D eigenvalue weighted by Gasteiger charge is 2.04. The van der Waals surface area contributed by atoms with Crippen molar-refractivity contribution < 1.29 is 14.6 Å². The molecule has 1 atom stereocenters. The zero-order valence-corrected chi connectivity index (χ0v) is 17.1. The highest BCUT2D eigenvalue weighted by molar-refractivity contribution is 4.87. The van der Waals surface area contributed by atoms with Gasteiger partial charge in [0, 0.05) is 6.61 Å². The van der Waals surface area contributed by atoms with Gasteiger partial charge in [0.15, 0.2) is 0 Å². The smallest absolute Gasteiger partial charge is 0.101 e. The lowest BCUT2D eigenvalue weighted by atomic mass is 10.1. The summed E-state index contributed by atoms with van der Waals surface area (Å²) in [6.07, 6.45) is 16.6. The van der Waals surface area contributed by atoms with Crippen molar-refractivity contribution in [3.05, 3.63) is 12.2 Å². The van der Waals surface area contributed by atoms with Gasteiger partial charge in [-0.05, 0) is 19.8 Å². The van der Waals surface area contributed by atoms with Gasteiger partial charge in [0.1, 0.15) is 6.10 Å². The van der Waals surface area contributed by atoms with Gasteiger partial charge >= 0.3 is 0 Å². The van der Waals surface area contributed by atoms with Crippen molar-refractivity contribution in [3.8, 4) is 0 Å². The van der Waals surface area contributed by atoms with Gasteiger partial charge in [0.25, 0.3) is 0 Å². The van der Waals surface area contributed by atoms with Gasteiger partial charge < -0.3 is 14.6 Å². The quantitative estimate of drug-likeness (QED) is 0.213. The van der Waals surface area contributed by atoms with E-state index in [1.54, 1.807) is 0 Å². The lowest BCUT2D eigenvalue weighted by molar-refractivity contribution is -0.0188. The average molecular weight is 357 g/mol. The van der Waals surface area contributed by atoms with E-state index in [1.165, 1.54) is 70.6 Å². The molecule has 3 heteroatoms. The van der Waals surface area contributed by atoms with Crippen molar-refractivity contribution in [2.45, 2.75) is 103 Å². The van der Waals surface area contributed by atoms with Crippen LogP contribution in [0.1, 0.15) is 97.3 Å². The van der Waals surface area contributed by atoms with Crippen LogP contribution in [0.3, 0.4) is 0 Å². The molecule has 0 aromatic rings. The molecule has 0 aromatic heterocycles. The molecule has 0 heterocycles. The third-order valence-electron chi connectivity index (χ3n) is 4.44. The average Bonchev–Trinajstić information content (AvgIpc) is 2.59. The summed E-state index contributed by atoms with van der Waals surface area (Å²) in [5, 5.41) is 9.73. The zero-order valence-electron chi connectivity index (χ0n) is 17.1. The highest BCUT2D eigenvalue weighted by Crippen LogP contribution is 2.11. The van der Waals surface area contributed by atoms with Crippen molar-refractivity contribution in [1.82, 2.24) is 0 Å². The first-order valence-corrected chi connectivity index (χ1v) is 10.6. The minimum Gasteiger partial charge on any atom is -0.388 e. The van der Waals surface area contributed by atoms with E-state index < -0.39 is 6.10 Å². The molecule has 0 aliphatic rings. The van der Waals surface area contributed by atoms with Gasteiger partial charge in [-0.2, -0.15) is 0 Å². The molecule has 1 unspecified atom stereocenters. The molecule has 1 N–H and O–H groups in total. The van der Waals surface area contributed by atoms with Gasteiger partial charge in [-0.3, -0.25) is 0 Å². The van der Waals surface area contributed by atoms with E-state index in [0.29, 0.717) is 19.8 Å². The minimum atomic E-state index is -0.512. The van der Waals surface area contributed by atoms with Crippen molar-refractivity contribution in [2.75, 3.05) is 26.4 Å². The van der Waals surface area contributed by atoms with Gasteiger partial charge in [-0.1, -0.05) is 83.1 Å². The van der Waals surface area contributed by atoms with Gasteiger partial charge in [-0.25, -0.2) is 0 Å². The third kappa shape index (κ3) is 21.6.